The molecule has 0 radical (unpaired) electrons. The van der Waals surface area contributed by atoms with Crippen molar-refractivity contribution in [3.05, 3.63) is 30.1 Å². The number of hydrogen-bond donors (Lipinski definition) is 2. The van der Waals surface area contributed by atoms with Crippen LogP contribution in [0, 0.1) is 5.82 Å². The molecule has 0 unspecified atom stereocenters. The topological polar surface area (TPSA) is 70.7 Å². The maximum Gasteiger partial charge on any atom is 0.315 e. The van der Waals surface area contributed by atoms with Crippen LogP contribution in [0.15, 0.2) is 24.3 Å². The number of halogens is 1. The van der Waals surface area contributed by atoms with Gasteiger partial charge < -0.3 is 20.3 Å². The molecule has 1 aliphatic rings. The summed E-state index contributed by atoms with van der Waals surface area (Å²) < 4.78 is 17.9. The number of nitrogens with zero attached hydrogens (tertiary/aromatic N) is 1. The Morgan fingerprint density at radius 3 is 2.77 bits per heavy atom. The fourth-order valence-corrected chi connectivity index (χ4v) is 2.42. The number of nitrogens with one attached hydrogen (secondary N) is 2. The summed E-state index contributed by atoms with van der Waals surface area (Å²) in [6.45, 7) is 2.61. The molecule has 1 heterocycles. The van der Waals surface area contributed by atoms with Crippen molar-refractivity contribution >= 4 is 17.6 Å². The van der Waals surface area contributed by atoms with Gasteiger partial charge in [-0.2, -0.15) is 0 Å². The van der Waals surface area contributed by atoms with Crippen molar-refractivity contribution in [3.63, 3.8) is 0 Å². The van der Waals surface area contributed by atoms with Crippen LogP contribution in [-0.2, 0) is 9.53 Å². The minimum absolute atomic E-state index is 0.0955. The van der Waals surface area contributed by atoms with E-state index in [-0.39, 0.29) is 36.3 Å². The quantitative estimate of drug-likeness (QED) is 0.860. The van der Waals surface area contributed by atoms with E-state index in [0.717, 1.165) is 0 Å². The molecule has 0 spiro atoms. The molecule has 6 nitrogen and oxygen atoms in total. The smallest absolute Gasteiger partial charge is 0.315 e. The first kappa shape index (κ1) is 16.2. The van der Waals surface area contributed by atoms with Gasteiger partial charge in [-0.05, 0) is 31.2 Å². The van der Waals surface area contributed by atoms with Crippen molar-refractivity contribution in [3.8, 4) is 0 Å². The molecule has 0 aliphatic carbocycles. The van der Waals surface area contributed by atoms with E-state index in [1.54, 1.807) is 24.1 Å². The highest BCUT2D eigenvalue weighted by Crippen LogP contribution is 2.21. The van der Waals surface area contributed by atoms with Gasteiger partial charge in [-0.1, -0.05) is 0 Å². The summed E-state index contributed by atoms with van der Waals surface area (Å²) in [6.07, 6.45) is 0.226. The average molecular weight is 309 g/mol. The predicted molar refractivity (Wildman–Crippen MR) is 80.2 cm³/mol. The normalized spacial score (nSPS) is 19.1. The van der Waals surface area contributed by atoms with E-state index in [2.05, 4.69) is 10.6 Å². The second kappa shape index (κ2) is 7.22. The summed E-state index contributed by atoms with van der Waals surface area (Å²) >= 11 is 0. The van der Waals surface area contributed by atoms with Crippen molar-refractivity contribution in [2.45, 2.75) is 25.4 Å². The lowest BCUT2D eigenvalue weighted by atomic mass is 10.2. The lowest BCUT2D eigenvalue weighted by molar-refractivity contribution is -0.117. The molecule has 0 bridgehead atoms. The van der Waals surface area contributed by atoms with Gasteiger partial charge in [0.15, 0.2) is 0 Å². The molecule has 1 fully saturated rings. The van der Waals surface area contributed by atoms with E-state index in [4.69, 9.17) is 4.74 Å². The third kappa shape index (κ3) is 4.17. The molecule has 1 saturated heterocycles. The molecule has 2 N–H and O–H groups in total. The Morgan fingerprint density at radius 1 is 1.45 bits per heavy atom. The zero-order valence-electron chi connectivity index (χ0n) is 12.6. The number of amides is 3. The number of benzene rings is 1. The highest BCUT2D eigenvalue weighted by atomic mass is 19.1. The van der Waals surface area contributed by atoms with Crippen LogP contribution >= 0.6 is 0 Å². The minimum Gasteiger partial charge on any atom is -0.383 e. The van der Waals surface area contributed by atoms with Crippen LogP contribution < -0.4 is 15.5 Å². The summed E-state index contributed by atoms with van der Waals surface area (Å²) in [5, 5.41) is 5.50. The Kier molecular flexibility index (Phi) is 5.32. The first-order valence-electron chi connectivity index (χ1n) is 7.11. The molecule has 7 heteroatoms. The lowest BCUT2D eigenvalue weighted by Gasteiger charge is -2.18. The number of rotatable bonds is 5. The predicted octanol–water partition coefficient (Wildman–Crippen LogP) is 1.27. The third-order valence-electron chi connectivity index (χ3n) is 3.39. The minimum atomic E-state index is -0.350. The van der Waals surface area contributed by atoms with Crippen LogP contribution in [-0.4, -0.2) is 44.3 Å². The first-order chi connectivity index (χ1) is 10.5. The van der Waals surface area contributed by atoms with Crippen LogP contribution in [0.4, 0.5) is 14.9 Å². The zero-order valence-corrected chi connectivity index (χ0v) is 12.6. The molecule has 1 aromatic carbocycles. The average Bonchev–Trinajstić information content (AvgIpc) is 2.80. The van der Waals surface area contributed by atoms with Crippen molar-refractivity contribution < 1.29 is 18.7 Å². The Hall–Kier alpha value is -2.15. The van der Waals surface area contributed by atoms with Crippen LogP contribution in [0.5, 0.6) is 0 Å². The van der Waals surface area contributed by atoms with Gasteiger partial charge in [-0.25, -0.2) is 9.18 Å². The first-order valence-corrected chi connectivity index (χ1v) is 7.11. The third-order valence-corrected chi connectivity index (χ3v) is 3.39. The molecule has 0 aromatic heterocycles. The maximum atomic E-state index is 12.9. The van der Waals surface area contributed by atoms with Gasteiger partial charge >= 0.3 is 6.03 Å². The number of carbonyl (C=O) groups excluding carboxylic acids is 2. The molecule has 1 aliphatic heterocycles. The summed E-state index contributed by atoms with van der Waals surface area (Å²) in [4.78, 5) is 25.4. The monoisotopic (exact) mass is 309 g/mol. The van der Waals surface area contributed by atoms with Gasteiger partial charge in [0, 0.05) is 25.8 Å². The highest BCUT2D eigenvalue weighted by molar-refractivity contribution is 5.96. The van der Waals surface area contributed by atoms with Crippen molar-refractivity contribution in [1.82, 2.24) is 10.6 Å². The largest absolute Gasteiger partial charge is 0.383 e. The Labute approximate surface area is 128 Å². The van der Waals surface area contributed by atoms with Gasteiger partial charge in [-0.3, -0.25) is 4.79 Å². The van der Waals surface area contributed by atoms with Gasteiger partial charge in [0.2, 0.25) is 5.91 Å². The van der Waals surface area contributed by atoms with E-state index in [0.29, 0.717) is 18.8 Å². The molecular weight excluding hydrogens is 289 g/mol. The van der Waals surface area contributed by atoms with Crippen molar-refractivity contribution in [1.29, 1.82) is 0 Å². The second-order valence-corrected chi connectivity index (χ2v) is 5.36. The van der Waals surface area contributed by atoms with Gasteiger partial charge in [-0.15, -0.1) is 0 Å². The van der Waals surface area contributed by atoms with Crippen LogP contribution in [0.25, 0.3) is 0 Å². The van der Waals surface area contributed by atoms with Gasteiger partial charge in [0.05, 0.1) is 18.7 Å². The molecule has 0 saturated carbocycles. The zero-order chi connectivity index (χ0) is 16.1. The van der Waals surface area contributed by atoms with Gasteiger partial charge in [0.25, 0.3) is 0 Å². The van der Waals surface area contributed by atoms with Crippen molar-refractivity contribution in [2.75, 3.05) is 25.2 Å². The molecule has 22 heavy (non-hydrogen) atoms. The van der Waals surface area contributed by atoms with Crippen LogP contribution in [0.2, 0.25) is 0 Å². The van der Waals surface area contributed by atoms with E-state index < -0.39 is 0 Å². The summed E-state index contributed by atoms with van der Waals surface area (Å²) in [6, 6.07) is 5.00. The number of carbonyl (C=O) groups is 2. The molecule has 2 atom stereocenters. The van der Waals surface area contributed by atoms with E-state index in [1.165, 1.54) is 12.1 Å². The SMILES string of the molecule is COC[C@@H](C)NC(=O)N[C@H]1CC(=O)N(c2ccc(F)cc2)C1. The van der Waals surface area contributed by atoms with Gasteiger partial charge in [0.1, 0.15) is 5.82 Å². The summed E-state index contributed by atoms with van der Waals surface area (Å²) in [5.74, 6) is -0.446. The second-order valence-electron chi connectivity index (χ2n) is 5.36. The number of methoxy groups -OCH3 is 1. The molecule has 2 rings (SSSR count). The number of ether oxygens (including phenoxy) is 1. The number of hydrogen-bond acceptors (Lipinski definition) is 3. The Bertz CT molecular complexity index is 535. The summed E-state index contributed by atoms with van der Waals surface area (Å²) in [7, 11) is 1.56. The van der Waals surface area contributed by atoms with Crippen LogP contribution in [0.1, 0.15) is 13.3 Å². The maximum absolute atomic E-state index is 12.9. The highest BCUT2D eigenvalue weighted by Gasteiger charge is 2.31. The molecule has 3 amide bonds. The molecule has 1 aromatic rings. The van der Waals surface area contributed by atoms with E-state index >= 15 is 0 Å². The van der Waals surface area contributed by atoms with Crippen molar-refractivity contribution in [2.24, 2.45) is 0 Å². The molecule has 120 valence electrons. The fraction of sp³-hybridized carbons (Fsp3) is 0.467. The standard InChI is InChI=1S/C15H20FN3O3/c1-10(9-22-2)17-15(21)18-12-7-14(20)19(8-12)13-5-3-11(16)4-6-13/h3-6,10,12H,7-9H2,1-2H3,(H2,17,18,21)/t10-,12+/m1/s1. The Balaban J connectivity index is 1.89. The number of urea groups is 1. The van der Waals surface area contributed by atoms with Crippen LogP contribution in [0.3, 0.4) is 0 Å². The lowest BCUT2D eigenvalue weighted by Crippen LogP contribution is -2.47. The molecular formula is C15H20FN3O3. The van der Waals surface area contributed by atoms with E-state index in [9.17, 15) is 14.0 Å². The fourth-order valence-electron chi connectivity index (χ4n) is 2.42. The Morgan fingerprint density at radius 2 is 2.14 bits per heavy atom. The summed E-state index contributed by atoms with van der Waals surface area (Å²) in [5.41, 5.74) is 0.629. The van der Waals surface area contributed by atoms with E-state index in [1.807, 2.05) is 6.92 Å². The number of anilines is 1.